The number of sulfonamides is 1. The topological polar surface area (TPSA) is 66.4 Å². The van der Waals surface area contributed by atoms with Crippen LogP contribution < -0.4 is 4.72 Å². The van der Waals surface area contributed by atoms with Crippen LogP contribution in [0.25, 0.3) is 0 Å². The summed E-state index contributed by atoms with van der Waals surface area (Å²) >= 11 is 0. The quantitative estimate of drug-likeness (QED) is 0.333. The molecule has 0 aliphatic heterocycles. The van der Waals surface area contributed by atoms with Crippen molar-refractivity contribution in [1.82, 2.24) is 4.72 Å². The van der Waals surface area contributed by atoms with Gasteiger partial charge in [-0.2, -0.15) is 0 Å². The smallest absolute Gasteiger partial charge is 0.240 e. The van der Waals surface area contributed by atoms with E-state index >= 15 is 0 Å². The average molecular weight is 492 g/mol. The maximum absolute atomic E-state index is 12.8. The summed E-state index contributed by atoms with van der Waals surface area (Å²) < 4.78 is 28.6. The zero-order valence-corrected chi connectivity index (χ0v) is 22.8. The summed E-state index contributed by atoms with van der Waals surface area (Å²) in [7, 11) is -3.47. The lowest BCUT2D eigenvalue weighted by molar-refractivity contribution is 0.00365. The predicted molar refractivity (Wildman–Crippen MR) is 141 cm³/mol. The Bertz CT molecular complexity index is 838. The van der Waals surface area contributed by atoms with Crippen molar-refractivity contribution in [2.45, 2.75) is 121 Å². The fraction of sp³-hybridized carbons (Fsp3) is 0.793. The summed E-state index contributed by atoms with van der Waals surface area (Å²) in [5.41, 5.74) is -0.522. The van der Waals surface area contributed by atoms with Crippen molar-refractivity contribution in [3.63, 3.8) is 0 Å². The Morgan fingerprint density at radius 2 is 1.79 bits per heavy atom. The van der Waals surface area contributed by atoms with Crippen LogP contribution in [0.1, 0.15) is 105 Å². The molecule has 7 atom stereocenters. The average Bonchev–Trinajstić information content (AvgIpc) is 3.28. The lowest BCUT2D eigenvalue weighted by Crippen LogP contribution is -2.38. The molecule has 1 aromatic rings. The van der Waals surface area contributed by atoms with Crippen LogP contribution in [0.4, 0.5) is 0 Å². The summed E-state index contributed by atoms with van der Waals surface area (Å²) in [4.78, 5) is 0.355. The van der Waals surface area contributed by atoms with Crippen molar-refractivity contribution in [3.05, 3.63) is 30.3 Å². The van der Waals surface area contributed by atoms with Crippen molar-refractivity contribution in [3.8, 4) is 0 Å². The van der Waals surface area contributed by atoms with E-state index in [1.54, 1.807) is 24.3 Å². The standard InChI is InChI=1S/C29H49NO3S/c1-5-7-11-25-19-23(21-29(4,31)18-6-2)14-17-28(25)26-16-15-24(20-26)22(3)30-34(32,33)27-12-9-8-10-13-27/h8-10,12-13,22-26,28,30-31H,5-7,11,14-21H2,1-4H3/t22-,23-,24-,25+,26+,28+,29+/m0/s1. The first kappa shape index (κ1) is 27.7. The predicted octanol–water partition coefficient (Wildman–Crippen LogP) is 6.93. The summed E-state index contributed by atoms with van der Waals surface area (Å²) in [6.45, 7) is 8.53. The fourth-order valence-electron chi connectivity index (χ4n) is 7.16. The van der Waals surface area contributed by atoms with Crippen LogP contribution in [0.15, 0.2) is 35.2 Å². The van der Waals surface area contributed by atoms with Crippen molar-refractivity contribution < 1.29 is 13.5 Å². The minimum atomic E-state index is -3.47. The third-order valence-electron chi connectivity index (χ3n) is 8.82. The monoisotopic (exact) mass is 491 g/mol. The number of hydrogen-bond acceptors (Lipinski definition) is 3. The van der Waals surface area contributed by atoms with E-state index in [1.165, 1.54) is 44.9 Å². The number of hydrogen-bond donors (Lipinski definition) is 2. The van der Waals surface area contributed by atoms with Crippen molar-refractivity contribution in [1.29, 1.82) is 0 Å². The number of aliphatic hydroxyl groups is 1. The molecule has 0 spiro atoms. The highest BCUT2D eigenvalue weighted by molar-refractivity contribution is 7.89. The van der Waals surface area contributed by atoms with Crippen LogP contribution in [0.3, 0.4) is 0 Å². The zero-order chi connectivity index (χ0) is 24.8. The number of nitrogens with one attached hydrogen (secondary N) is 1. The van der Waals surface area contributed by atoms with E-state index in [-0.39, 0.29) is 6.04 Å². The molecule has 0 heterocycles. The first-order chi connectivity index (χ1) is 16.1. The first-order valence-corrected chi connectivity index (χ1v) is 15.4. The van der Waals surface area contributed by atoms with Crippen molar-refractivity contribution in [2.75, 3.05) is 0 Å². The molecular formula is C29H49NO3S. The van der Waals surface area contributed by atoms with Crippen molar-refractivity contribution >= 4 is 10.0 Å². The van der Waals surface area contributed by atoms with Gasteiger partial charge in [-0.3, -0.25) is 0 Å². The summed E-state index contributed by atoms with van der Waals surface area (Å²) in [6.07, 6.45) is 14.0. The number of rotatable bonds is 12. The SMILES string of the molecule is CCCC[C@@H]1C[C@@H](C[C@](C)(O)CCC)CC[C@H]1[C@@H]1CC[C@H]([C@H](C)NS(=O)(=O)c2ccccc2)C1. The van der Waals surface area contributed by atoms with E-state index in [4.69, 9.17) is 0 Å². The molecule has 0 amide bonds. The van der Waals surface area contributed by atoms with Gasteiger partial charge in [-0.25, -0.2) is 13.1 Å². The zero-order valence-electron chi connectivity index (χ0n) is 22.0. The Hall–Kier alpha value is -0.910. The molecule has 1 aromatic carbocycles. The molecule has 0 bridgehead atoms. The van der Waals surface area contributed by atoms with Gasteiger partial charge in [0.25, 0.3) is 0 Å². The molecule has 0 unspecified atom stereocenters. The minimum absolute atomic E-state index is 0.0372. The molecule has 3 rings (SSSR count). The molecule has 2 fully saturated rings. The highest BCUT2D eigenvalue weighted by Gasteiger charge is 2.41. The molecule has 0 aromatic heterocycles. The largest absolute Gasteiger partial charge is 0.390 e. The maximum Gasteiger partial charge on any atom is 0.240 e. The Balaban J connectivity index is 1.59. The van der Waals surface area contributed by atoms with E-state index in [2.05, 4.69) is 25.5 Å². The van der Waals surface area contributed by atoms with E-state index in [0.717, 1.165) is 43.9 Å². The number of unbranched alkanes of at least 4 members (excludes halogenated alkanes) is 1. The molecule has 0 radical (unpaired) electrons. The highest BCUT2D eigenvalue weighted by atomic mass is 32.2. The molecule has 4 nitrogen and oxygen atoms in total. The molecule has 2 aliphatic rings. The number of benzene rings is 1. The maximum atomic E-state index is 12.8. The van der Waals surface area contributed by atoms with Gasteiger partial charge in [0.05, 0.1) is 10.5 Å². The van der Waals surface area contributed by atoms with Crippen molar-refractivity contribution in [2.24, 2.45) is 29.6 Å². The Morgan fingerprint density at radius 3 is 2.47 bits per heavy atom. The van der Waals surface area contributed by atoms with Gasteiger partial charge < -0.3 is 5.11 Å². The second-order valence-electron chi connectivity index (χ2n) is 11.8. The third-order valence-corrected chi connectivity index (χ3v) is 10.4. The Kier molecular flexibility index (Phi) is 10.1. The van der Waals surface area contributed by atoms with E-state index in [9.17, 15) is 13.5 Å². The van der Waals surface area contributed by atoms with Crippen LogP contribution in [0.5, 0.6) is 0 Å². The Morgan fingerprint density at radius 1 is 1.06 bits per heavy atom. The van der Waals surface area contributed by atoms with Crippen LogP contribution in [0, 0.1) is 29.6 Å². The third kappa shape index (κ3) is 7.54. The molecule has 0 saturated heterocycles. The lowest BCUT2D eigenvalue weighted by atomic mass is 9.65. The molecule has 2 aliphatic carbocycles. The second kappa shape index (κ2) is 12.4. The van der Waals surface area contributed by atoms with E-state index in [1.807, 2.05) is 13.0 Å². The molecule has 34 heavy (non-hydrogen) atoms. The second-order valence-corrected chi connectivity index (χ2v) is 13.5. The van der Waals surface area contributed by atoms with E-state index in [0.29, 0.717) is 22.6 Å². The molecule has 2 saturated carbocycles. The van der Waals surface area contributed by atoms with Gasteiger partial charge in [0.15, 0.2) is 0 Å². The molecule has 194 valence electrons. The Labute approximate surface area is 209 Å². The van der Waals surface area contributed by atoms with Gasteiger partial charge in [0.1, 0.15) is 0 Å². The minimum Gasteiger partial charge on any atom is -0.390 e. The van der Waals surface area contributed by atoms with Gasteiger partial charge in [-0.15, -0.1) is 0 Å². The van der Waals surface area contributed by atoms with Gasteiger partial charge in [0.2, 0.25) is 10.0 Å². The fourth-order valence-corrected chi connectivity index (χ4v) is 8.49. The van der Waals surface area contributed by atoms with Crippen LogP contribution in [-0.4, -0.2) is 25.2 Å². The highest BCUT2D eigenvalue weighted by Crippen LogP contribution is 2.49. The van der Waals surface area contributed by atoms with Crippen LogP contribution in [-0.2, 0) is 10.0 Å². The summed E-state index contributed by atoms with van der Waals surface area (Å²) in [6, 6.07) is 8.70. The molecule has 2 N–H and O–H groups in total. The van der Waals surface area contributed by atoms with Crippen LogP contribution in [0.2, 0.25) is 0 Å². The van der Waals surface area contributed by atoms with Gasteiger partial charge >= 0.3 is 0 Å². The van der Waals surface area contributed by atoms with Gasteiger partial charge in [0, 0.05) is 6.04 Å². The summed E-state index contributed by atoms with van der Waals surface area (Å²) in [5.74, 6) is 3.30. The summed E-state index contributed by atoms with van der Waals surface area (Å²) in [5, 5.41) is 10.8. The van der Waals surface area contributed by atoms with Gasteiger partial charge in [-0.1, -0.05) is 64.2 Å². The molecule has 5 heteroatoms. The van der Waals surface area contributed by atoms with E-state index < -0.39 is 15.6 Å². The van der Waals surface area contributed by atoms with Crippen LogP contribution >= 0.6 is 0 Å². The van der Waals surface area contributed by atoms with Gasteiger partial charge in [-0.05, 0) is 101 Å². The molecular weight excluding hydrogens is 442 g/mol. The lowest BCUT2D eigenvalue weighted by Gasteiger charge is -2.42. The first-order valence-electron chi connectivity index (χ1n) is 13.9. The normalized spacial score (nSPS) is 30.7.